The number of aromatic nitrogens is 2. The van der Waals surface area contributed by atoms with Crippen LogP contribution in [0.5, 0.6) is 6.01 Å². The smallest absolute Gasteiger partial charge is 0.316 e. The van der Waals surface area contributed by atoms with Crippen molar-refractivity contribution in [3.05, 3.63) is 17.5 Å². The predicted octanol–water partition coefficient (Wildman–Crippen LogP) is 0.750. The second kappa shape index (κ2) is 5.42. The van der Waals surface area contributed by atoms with E-state index in [0.29, 0.717) is 18.3 Å². The number of ether oxygens (including phenoxy) is 1. The quantitative estimate of drug-likeness (QED) is 0.791. The maximum Gasteiger partial charge on any atom is 0.316 e. The van der Waals surface area contributed by atoms with Gasteiger partial charge in [-0.25, -0.2) is 4.98 Å². The van der Waals surface area contributed by atoms with Crippen molar-refractivity contribution in [2.75, 3.05) is 20.2 Å². The van der Waals surface area contributed by atoms with E-state index in [1.165, 1.54) is 12.8 Å². The molecular weight excluding hydrogens is 218 g/mol. The fourth-order valence-electron chi connectivity index (χ4n) is 1.73. The molecule has 0 amide bonds. The van der Waals surface area contributed by atoms with Crippen molar-refractivity contribution in [2.24, 2.45) is 0 Å². The maximum absolute atomic E-state index is 9.03. The van der Waals surface area contributed by atoms with Crippen LogP contribution in [0.15, 0.2) is 6.07 Å². The Balaban J connectivity index is 1.83. The topological polar surface area (TPSA) is 58.5 Å². The SMILES string of the molecule is Cc1cc(CO)nc(OCCN(C)C2CC2)n1. The van der Waals surface area contributed by atoms with Crippen LogP contribution in [0.1, 0.15) is 24.2 Å². The molecule has 17 heavy (non-hydrogen) atoms. The van der Waals surface area contributed by atoms with Gasteiger partial charge in [0.25, 0.3) is 0 Å². The van der Waals surface area contributed by atoms with Gasteiger partial charge < -0.3 is 14.7 Å². The van der Waals surface area contributed by atoms with Gasteiger partial charge in [-0.15, -0.1) is 0 Å². The first-order valence-corrected chi connectivity index (χ1v) is 5.97. The minimum Gasteiger partial charge on any atom is -0.462 e. The van der Waals surface area contributed by atoms with Crippen molar-refractivity contribution in [1.29, 1.82) is 0 Å². The third kappa shape index (κ3) is 3.64. The van der Waals surface area contributed by atoms with Gasteiger partial charge in [-0.1, -0.05) is 0 Å². The van der Waals surface area contributed by atoms with Crippen LogP contribution >= 0.6 is 0 Å². The average molecular weight is 237 g/mol. The zero-order valence-electron chi connectivity index (χ0n) is 10.4. The average Bonchev–Trinajstić information content (AvgIpc) is 3.12. The molecule has 1 heterocycles. The Morgan fingerprint density at radius 1 is 1.47 bits per heavy atom. The molecular formula is C12H19N3O2. The second-order valence-corrected chi connectivity index (χ2v) is 4.50. The highest BCUT2D eigenvalue weighted by Gasteiger charge is 2.25. The van der Waals surface area contributed by atoms with Gasteiger partial charge in [0.05, 0.1) is 12.3 Å². The lowest BCUT2D eigenvalue weighted by Gasteiger charge is -2.15. The monoisotopic (exact) mass is 237 g/mol. The summed E-state index contributed by atoms with van der Waals surface area (Å²) in [5.74, 6) is 0. The maximum atomic E-state index is 9.03. The van der Waals surface area contributed by atoms with Gasteiger partial charge in [0.15, 0.2) is 0 Å². The van der Waals surface area contributed by atoms with Crippen molar-refractivity contribution >= 4 is 0 Å². The molecule has 0 radical (unpaired) electrons. The Kier molecular flexibility index (Phi) is 3.91. The zero-order valence-corrected chi connectivity index (χ0v) is 10.4. The number of hydrogen-bond acceptors (Lipinski definition) is 5. The van der Waals surface area contributed by atoms with Crippen LogP contribution in [0.2, 0.25) is 0 Å². The molecule has 5 nitrogen and oxygen atoms in total. The molecule has 0 aliphatic heterocycles. The molecule has 0 bridgehead atoms. The summed E-state index contributed by atoms with van der Waals surface area (Å²) in [4.78, 5) is 10.6. The number of rotatable bonds is 6. The van der Waals surface area contributed by atoms with E-state index < -0.39 is 0 Å². The van der Waals surface area contributed by atoms with E-state index in [9.17, 15) is 0 Å². The first kappa shape index (κ1) is 12.3. The Bertz CT molecular complexity index is 380. The largest absolute Gasteiger partial charge is 0.462 e. The molecule has 1 aliphatic rings. The molecule has 1 N–H and O–H groups in total. The molecule has 0 atom stereocenters. The molecule has 5 heteroatoms. The standard InChI is InChI=1S/C12H19N3O2/c1-9-7-10(8-16)14-12(13-9)17-6-5-15(2)11-3-4-11/h7,11,16H,3-6,8H2,1-2H3. The summed E-state index contributed by atoms with van der Waals surface area (Å²) < 4.78 is 5.50. The van der Waals surface area contributed by atoms with Crippen LogP contribution in [0.25, 0.3) is 0 Å². The van der Waals surface area contributed by atoms with Gasteiger partial charge in [-0.05, 0) is 32.9 Å². The Morgan fingerprint density at radius 3 is 2.88 bits per heavy atom. The van der Waals surface area contributed by atoms with E-state index in [2.05, 4.69) is 21.9 Å². The van der Waals surface area contributed by atoms with Crippen molar-refractivity contribution < 1.29 is 9.84 Å². The highest BCUT2D eigenvalue weighted by atomic mass is 16.5. The van der Waals surface area contributed by atoms with Gasteiger partial charge in [-0.3, -0.25) is 0 Å². The molecule has 0 saturated heterocycles. The molecule has 0 aromatic carbocycles. The van der Waals surface area contributed by atoms with E-state index in [1.807, 2.05) is 6.92 Å². The first-order chi connectivity index (χ1) is 8.19. The highest BCUT2D eigenvalue weighted by Crippen LogP contribution is 2.24. The van der Waals surface area contributed by atoms with Crippen molar-refractivity contribution in [3.63, 3.8) is 0 Å². The van der Waals surface area contributed by atoms with Crippen molar-refractivity contribution in [2.45, 2.75) is 32.4 Å². The molecule has 1 aromatic rings. The normalized spacial score (nSPS) is 15.3. The molecule has 1 aromatic heterocycles. The number of likely N-dealkylation sites (N-methyl/N-ethyl adjacent to an activating group) is 1. The Morgan fingerprint density at radius 2 is 2.24 bits per heavy atom. The molecule has 2 rings (SSSR count). The van der Waals surface area contributed by atoms with Crippen LogP contribution < -0.4 is 4.74 Å². The van der Waals surface area contributed by atoms with Crippen LogP contribution in [-0.4, -0.2) is 46.2 Å². The lowest BCUT2D eigenvalue weighted by atomic mass is 10.3. The summed E-state index contributed by atoms with van der Waals surface area (Å²) in [6.45, 7) is 3.25. The van der Waals surface area contributed by atoms with E-state index in [4.69, 9.17) is 9.84 Å². The minimum atomic E-state index is -0.0816. The van der Waals surface area contributed by atoms with Gasteiger partial charge in [0, 0.05) is 18.3 Å². The first-order valence-electron chi connectivity index (χ1n) is 5.97. The van der Waals surface area contributed by atoms with E-state index >= 15 is 0 Å². The number of hydrogen-bond donors (Lipinski definition) is 1. The third-order valence-electron chi connectivity index (χ3n) is 2.89. The Labute approximate surface area is 101 Å². The van der Waals surface area contributed by atoms with Gasteiger partial charge >= 0.3 is 6.01 Å². The summed E-state index contributed by atoms with van der Waals surface area (Å²) in [6, 6.07) is 2.85. The van der Waals surface area contributed by atoms with E-state index in [1.54, 1.807) is 6.07 Å². The predicted molar refractivity (Wildman–Crippen MR) is 63.8 cm³/mol. The fourth-order valence-corrected chi connectivity index (χ4v) is 1.73. The summed E-state index contributed by atoms with van der Waals surface area (Å²) in [5, 5.41) is 9.03. The number of aryl methyl sites for hydroxylation is 1. The van der Waals surface area contributed by atoms with Crippen LogP contribution in [0.3, 0.4) is 0 Å². The number of aliphatic hydroxyl groups excluding tert-OH is 1. The molecule has 1 fully saturated rings. The van der Waals surface area contributed by atoms with E-state index in [0.717, 1.165) is 18.3 Å². The fraction of sp³-hybridized carbons (Fsp3) is 0.667. The Hall–Kier alpha value is -1.20. The van der Waals surface area contributed by atoms with Crippen LogP contribution in [0, 0.1) is 6.92 Å². The molecule has 1 saturated carbocycles. The van der Waals surface area contributed by atoms with Gasteiger partial charge in [-0.2, -0.15) is 4.98 Å². The number of nitrogens with zero attached hydrogens (tertiary/aromatic N) is 3. The molecule has 94 valence electrons. The third-order valence-corrected chi connectivity index (χ3v) is 2.89. The summed E-state index contributed by atoms with van der Waals surface area (Å²) in [6.07, 6.45) is 2.60. The minimum absolute atomic E-state index is 0.0816. The van der Waals surface area contributed by atoms with Crippen molar-refractivity contribution in [1.82, 2.24) is 14.9 Å². The summed E-state index contributed by atoms with van der Waals surface area (Å²) >= 11 is 0. The highest BCUT2D eigenvalue weighted by molar-refractivity contribution is 5.11. The molecule has 1 aliphatic carbocycles. The second-order valence-electron chi connectivity index (χ2n) is 4.50. The molecule has 0 spiro atoms. The summed E-state index contributed by atoms with van der Waals surface area (Å²) in [5.41, 5.74) is 1.41. The van der Waals surface area contributed by atoms with Crippen molar-refractivity contribution in [3.8, 4) is 6.01 Å². The summed E-state index contributed by atoms with van der Waals surface area (Å²) in [7, 11) is 2.11. The van der Waals surface area contributed by atoms with Gasteiger partial charge in [0.1, 0.15) is 6.61 Å². The van der Waals surface area contributed by atoms with Crippen LogP contribution in [0.4, 0.5) is 0 Å². The van der Waals surface area contributed by atoms with Crippen LogP contribution in [-0.2, 0) is 6.61 Å². The lowest BCUT2D eigenvalue weighted by molar-refractivity contribution is 0.217. The van der Waals surface area contributed by atoms with E-state index in [-0.39, 0.29) is 6.61 Å². The number of aliphatic hydroxyl groups is 1. The van der Waals surface area contributed by atoms with Gasteiger partial charge in [0.2, 0.25) is 0 Å². The molecule has 0 unspecified atom stereocenters. The lowest BCUT2D eigenvalue weighted by Crippen LogP contribution is -2.26. The zero-order chi connectivity index (χ0) is 12.3.